The third-order valence-electron chi connectivity index (χ3n) is 2.28. The molecule has 0 unspecified atom stereocenters. The first-order valence-electron chi connectivity index (χ1n) is 4.55. The van der Waals surface area contributed by atoms with Crippen molar-refractivity contribution in [3.8, 4) is 0 Å². The summed E-state index contributed by atoms with van der Waals surface area (Å²) in [5, 5.41) is 9.62. The molecule has 16 heavy (non-hydrogen) atoms. The minimum atomic E-state index is -1.51. The SMILES string of the molecule is Cc1cc2cc(Cl)c(C(=O)C(=O)O)cc2[nH]1. The van der Waals surface area contributed by atoms with Crippen molar-refractivity contribution in [1.82, 2.24) is 4.98 Å². The van der Waals surface area contributed by atoms with E-state index in [4.69, 9.17) is 16.7 Å². The lowest BCUT2D eigenvalue weighted by Gasteiger charge is -2.00. The van der Waals surface area contributed by atoms with Gasteiger partial charge >= 0.3 is 5.97 Å². The molecule has 1 aromatic heterocycles. The number of carboxylic acid groups (broad SMARTS) is 1. The first-order chi connectivity index (χ1) is 7.49. The van der Waals surface area contributed by atoms with Gasteiger partial charge in [0.1, 0.15) is 0 Å². The van der Waals surface area contributed by atoms with E-state index in [2.05, 4.69) is 4.98 Å². The van der Waals surface area contributed by atoms with Crippen LogP contribution < -0.4 is 0 Å². The summed E-state index contributed by atoms with van der Waals surface area (Å²) in [4.78, 5) is 24.9. The number of carbonyl (C=O) groups is 2. The van der Waals surface area contributed by atoms with Crippen LogP contribution in [0.1, 0.15) is 16.1 Å². The van der Waals surface area contributed by atoms with Crippen LogP contribution in [0.2, 0.25) is 5.02 Å². The molecule has 0 aliphatic carbocycles. The van der Waals surface area contributed by atoms with Crippen molar-refractivity contribution in [1.29, 1.82) is 0 Å². The number of ketones is 1. The minimum absolute atomic E-state index is 0.00326. The van der Waals surface area contributed by atoms with Gasteiger partial charge in [-0.1, -0.05) is 11.6 Å². The molecule has 2 N–H and O–H groups in total. The Labute approximate surface area is 95.8 Å². The summed E-state index contributed by atoms with van der Waals surface area (Å²) in [5.41, 5.74) is 1.63. The van der Waals surface area contributed by atoms with Crippen molar-refractivity contribution in [2.24, 2.45) is 0 Å². The Kier molecular flexibility index (Phi) is 2.44. The predicted octanol–water partition coefficient (Wildman–Crippen LogP) is 2.40. The second-order valence-corrected chi connectivity index (χ2v) is 3.91. The molecule has 0 atom stereocenters. The summed E-state index contributed by atoms with van der Waals surface area (Å²) < 4.78 is 0. The second kappa shape index (κ2) is 3.64. The van der Waals surface area contributed by atoms with E-state index in [1.165, 1.54) is 6.07 Å². The smallest absolute Gasteiger partial charge is 0.377 e. The minimum Gasteiger partial charge on any atom is -0.475 e. The van der Waals surface area contributed by atoms with Crippen molar-refractivity contribution < 1.29 is 14.7 Å². The maximum absolute atomic E-state index is 11.3. The van der Waals surface area contributed by atoms with Crippen LogP contribution >= 0.6 is 11.6 Å². The summed E-state index contributed by atoms with van der Waals surface area (Å²) in [6.45, 7) is 1.87. The van der Waals surface area contributed by atoms with Crippen LogP contribution in [0.4, 0.5) is 0 Å². The maximum Gasteiger partial charge on any atom is 0.377 e. The number of carbonyl (C=O) groups excluding carboxylic acids is 1. The molecule has 0 saturated carbocycles. The highest BCUT2D eigenvalue weighted by Gasteiger charge is 2.18. The zero-order chi connectivity index (χ0) is 11.9. The molecule has 5 heteroatoms. The largest absolute Gasteiger partial charge is 0.475 e. The fourth-order valence-corrected chi connectivity index (χ4v) is 1.85. The number of aliphatic carboxylic acids is 1. The molecule has 0 bridgehead atoms. The third-order valence-corrected chi connectivity index (χ3v) is 2.59. The molecule has 2 rings (SSSR count). The van der Waals surface area contributed by atoms with Gasteiger partial charge in [-0.25, -0.2) is 4.79 Å². The number of aromatic nitrogens is 1. The molecule has 0 aliphatic heterocycles. The highest BCUT2D eigenvalue weighted by Crippen LogP contribution is 2.24. The molecular formula is C11H8ClNO3. The number of hydrogen-bond acceptors (Lipinski definition) is 2. The number of aromatic amines is 1. The van der Waals surface area contributed by atoms with Crippen LogP contribution in [0, 0.1) is 6.92 Å². The number of benzene rings is 1. The Bertz CT molecular complexity index is 601. The van der Waals surface area contributed by atoms with Crippen LogP contribution in [0.25, 0.3) is 10.9 Å². The zero-order valence-electron chi connectivity index (χ0n) is 8.37. The van der Waals surface area contributed by atoms with Gasteiger partial charge in [0.25, 0.3) is 5.78 Å². The first kappa shape index (κ1) is 10.7. The fraction of sp³-hybridized carbons (Fsp3) is 0.0909. The van der Waals surface area contributed by atoms with E-state index in [-0.39, 0.29) is 10.6 Å². The molecule has 0 aliphatic rings. The average molecular weight is 238 g/mol. The van der Waals surface area contributed by atoms with Gasteiger partial charge in [-0.3, -0.25) is 4.79 Å². The summed E-state index contributed by atoms with van der Waals surface area (Å²) in [7, 11) is 0. The highest BCUT2D eigenvalue weighted by atomic mass is 35.5. The number of aryl methyl sites for hydroxylation is 1. The van der Waals surface area contributed by atoms with Crippen molar-refractivity contribution in [2.75, 3.05) is 0 Å². The second-order valence-electron chi connectivity index (χ2n) is 3.51. The standard InChI is InChI=1S/C11H8ClNO3/c1-5-2-6-3-8(12)7(4-9(6)13-5)10(14)11(15)16/h2-4,13H,1H3,(H,15,16). The fourth-order valence-electron chi connectivity index (χ4n) is 1.59. The van der Waals surface area contributed by atoms with Gasteiger partial charge in [0.15, 0.2) is 0 Å². The molecule has 4 nitrogen and oxygen atoms in total. The Balaban J connectivity index is 2.66. The Morgan fingerprint density at radius 3 is 2.62 bits per heavy atom. The molecule has 2 aromatic rings. The third kappa shape index (κ3) is 1.67. The van der Waals surface area contributed by atoms with Crippen molar-refractivity contribution in [2.45, 2.75) is 6.92 Å². The van der Waals surface area contributed by atoms with Crippen molar-refractivity contribution in [3.63, 3.8) is 0 Å². The van der Waals surface area contributed by atoms with Crippen molar-refractivity contribution >= 4 is 34.3 Å². The van der Waals surface area contributed by atoms with Crippen LogP contribution in [-0.2, 0) is 4.79 Å². The molecule has 0 amide bonds. The van der Waals surface area contributed by atoms with Crippen LogP contribution in [0.5, 0.6) is 0 Å². The number of fused-ring (bicyclic) bond motifs is 1. The van der Waals surface area contributed by atoms with Gasteiger partial charge < -0.3 is 10.1 Å². The van der Waals surface area contributed by atoms with E-state index in [1.807, 2.05) is 13.0 Å². The Hall–Kier alpha value is -1.81. The number of halogens is 1. The van der Waals surface area contributed by atoms with Crippen molar-refractivity contribution in [3.05, 3.63) is 34.5 Å². The quantitative estimate of drug-likeness (QED) is 0.622. The average Bonchev–Trinajstić information content (AvgIpc) is 2.54. The summed E-state index contributed by atoms with van der Waals surface area (Å²) >= 11 is 5.85. The Morgan fingerprint density at radius 2 is 2.00 bits per heavy atom. The number of H-pyrrole nitrogens is 1. The van der Waals surface area contributed by atoms with E-state index in [0.717, 1.165) is 11.1 Å². The van der Waals surface area contributed by atoms with Gasteiger partial charge in [-0.15, -0.1) is 0 Å². The van der Waals surface area contributed by atoms with Gasteiger partial charge in [-0.2, -0.15) is 0 Å². The Morgan fingerprint density at radius 1 is 1.31 bits per heavy atom. The molecule has 0 saturated heterocycles. The van der Waals surface area contributed by atoms with E-state index < -0.39 is 11.8 Å². The summed E-state index contributed by atoms with van der Waals surface area (Å²) in [6.07, 6.45) is 0. The van der Waals surface area contributed by atoms with Gasteiger partial charge in [0.05, 0.1) is 10.6 Å². The molecule has 0 radical (unpaired) electrons. The normalized spacial score (nSPS) is 10.6. The van der Waals surface area contributed by atoms with Crippen LogP contribution in [0.3, 0.4) is 0 Å². The highest BCUT2D eigenvalue weighted by molar-refractivity contribution is 6.45. The lowest BCUT2D eigenvalue weighted by molar-refractivity contribution is -0.131. The zero-order valence-corrected chi connectivity index (χ0v) is 9.13. The van der Waals surface area contributed by atoms with Gasteiger partial charge in [-0.05, 0) is 25.1 Å². The first-order valence-corrected chi connectivity index (χ1v) is 4.93. The number of carboxylic acids is 1. The van der Waals surface area contributed by atoms with Gasteiger partial charge in [0.2, 0.25) is 0 Å². The molecule has 0 fully saturated rings. The van der Waals surface area contributed by atoms with E-state index in [1.54, 1.807) is 6.07 Å². The number of nitrogens with one attached hydrogen (secondary N) is 1. The molecule has 1 aromatic carbocycles. The summed E-state index contributed by atoms with van der Waals surface area (Å²) in [6, 6.07) is 4.91. The van der Waals surface area contributed by atoms with E-state index >= 15 is 0 Å². The topological polar surface area (TPSA) is 70.2 Å². The van der Waals surface area contributed by atoms with Gasteiger partial charge in [0, 0.05) is 16.6 Å². The number of rotatable bonds is 2. The molecule has 0 spiro atoms. The van der Waals surface area contributed by atoms with E-state index in [0.29, 0.717) is 5.52 Å². The molecular weight excluding hydrogens is 230 g/mol. The van der Waals surface area contributed by atoms with E-state index in [9.17, 15) is 9.59 Å². The molecule has 1 heterocycles. The maximum atomic E-state index is 11.3. The van der Waals surface area contributed by atoms with Crippen LogP contribution in [-0.4, -0.2) is 21.8 Å². The number of Topliss-reactive ketones (excluding diaryl/α,β-unsaturated/α-hetero) is 1. The lowest BCUT2D eigenvalue weighted by atomic mass is 10.1. The summed E-state index contributed by atoms with van der Waals surface area (Å²) in [5.74, 6) is -2.51. The number of hydrogen-bond donors (Lipinski definition) is 2. The molecule has 82 valence electrons. The monoisotopic (exact) mass is 237 g/mol. The lowest BCUT2D eigenvalue weighted by Crippen LogP contribution is -2.13. The predicted molar refractivity (Wildman–Crippen MR) is 60.0 cm³/mol. The van der Waals surface area contributed by atoms with Crippen LogP contribution in [0.15, 0.2) is 18.2 Å².